The number of carboxylic acid groups (broad SMARTS) is 1. The molecule has 3 heterocycles. The van der Waals surface area contributed by atoms with Gasteiger partial charge in [0.15, 0.2) is 0 Å². The van der Waals surface area contributed by atoms with E-state index in [4.69, 9.17) is 0 Å². The van der Waals surface area contributed by atoms with Gasteiger partial charge in [-0.1, -0.05) is 13.0 Å². The summed E-state index contributed by atoms with van der Waals surface area (Å²) < 4.78 is 56.8. The number of carbonyl (C=O) groups excluding carboxylic acids is 1. The summed E-state index contributed by atoms with van der Waals surface area (Å²) in [5.74, 6) is -1.79. The smallest absolute Gasteiger partial charge is 0.417 e. The van der Waals surface area contributed by atoms with Crippen LogP contribution in [-0.2, 0) is 6.18 Å². The molecule has 222 valence electrons. The van der Waals surface area contributed by atoms with E-state index < -0.39 is 40.7 Å². The SMILES string of the molecule is CCC1CC=C(c2cc(NC(=O)c3c[nH]c(=O)cc3C(F)(F)F)c(N3C[C@@H](C)N(C)[C@@H](C)C3)cc2F)CN1C(=O)O. The second-order valence-electron chi connectivity index (χ2n) is 10.6. The highest BCUT2D eigenvalue weighted by Crippen LogP contribution is 2.37. The molecule has 41 heavy (non-hydrogen) atoms. The molecule has 0 aliphatic carbocycles. The van der Waals surface area contributed by atoms with Crippen molar-refractivity contribution in [1.82, 2.24) is 14.8 Å². The quantitative estimate of drug-likeness (QED) is 0.437. The van der Waals surface area contributed by atoms with Crippen LogP contribution in [0.25, 0.3) is 5.57 Å². The molecule has 1 aromatic heterocycles. The van der Waals surface area contributed by atoms with Crippen molar-refractivity contribution in [2.24, 2.45) is 0 Å². The lowest BCUT2D eigenvalue weighted by Crippen LogP contribution is -2.55. The van der Waals surface area contributed by atoms with E-state index in [0.29, 0.717) is 43.8 Å². The number of hydrogen-bond donors (Lipinski definition) is 3. The number of anilines is 2. The summed E-state index contributed by atoms with van der Waals surface area (Å²) in [6, 6.07) is 2.72. The highest BCUT2D eigenvalue weighted by Gasteiger charge is 2.37. The van der Waals surface area contributed by atoms with Crippen molar-refractivity contribution in [3.05, 3.63) is 63.3 Å². The van der Waals surface area contributed by atoms with Gasteiger partial charge in [0.05, 0.1) is 22.5 Å². The number of nitrogens with zero attached hydrogens (tertiary/aromatic N) is 3. The summed E-state index contributed by atoms with van der Waals surface area (Å²) in [7, 11) is 1.96. The number of benzene rings is 1. The van der Waals surface area contributed by atoms with Crippen LogP contribution in [0.15, 0.2) is 35.3 Å². The standard InChI is InChI=1S/C28H33F4N5O4/c1-5-18-7-6-17(14-37(18)27(40)41)19-8-23(24(10-22(19)29)36-12-15(2)35(4)16(3)13-36)34-26(39)20-11-33-25(38)9-21(20)28(30,31)32/h6,8-11,15-16,18H,5,7,12-14H2,1-4H3,(H,33,38)(H,34,39)(H,40,41)/t15-,16+,18?. The number of amides is 2. The summed E-state index contributed by atoms with van der Waals surface area (Å²) in [5.41, 5.74) is -2.45. The zero-order valence-electron chi connectivity index (χ0n) is 23.2. The maximum atomic E-state index is 15.7. The van der Waals surface area contributed by atoms with Crippen molar-refractivity contribution >= 4 is 28.9 Å². The third-order valence-corrected chi connectivity index (χ3v) is 7.99. The third kappa shape index (κ3) is 6.24. The number of aromatic amines is 1. The minimum absolute atomic E-state index is 0.0394. The maximum absolute atomic E-state index is 15.7. The van der Waals surface area contributed by atoms with Gasteiger partial charge in [0.1, 0.15) is 5.82 Å². The summed E-state index contributed by atoms with van der Waals surface area (Å²) in [6.07, 6.45) is -2.74. The summed E-state index contributed by atoms with van der Waals surface area (Å²) in [6.45, 7) is 6.66. The molecular formula is C28H33F4N5O4. The number of likely N-dealkylation sites (N-methyl/N-ethyl adjacent to an activating group) is 1. The lowest BCUT2D eigenvalue weighted by molar-refractivity contribution is -0.138. The van der Waals surface area contributed by atoms with Crippen LogP contribution in [0.5, 0.6) is 0 Å². The van der Waals surface area contributed by atoms with Gasteiger partial charge < -0.3 is 25.2 Å². The zero-order valence-corrected chi connectivity index (χ0v) is 23.2. The first-order valence-electron chi connectivity index (χ1n) is 13.3. The first-order valence-corrected chi connectivity index (χ1v) is 13.3. The number of H-pyrrole nitrogens is 1. The first-order chi connectivity index (χ1) is 19.2. The number of halogens is 4. The van der Waals surface area contributed by atoms with Crippen LogP contribution < -0.4 is 15.8 Å². The Morgan fingerprint density at radius 3 is 2.39 bits per heavy atom. The van der Waals surface area contributed by atoms with E-state index in [1.807, 2.05) is 32.7 Å². The average molecular weight is 580 g/mol. The van der Waals surface area contributed by atoms with Crippen LogP contribution in [0.2, 0.25) is 0 Å². The Morgan fingerprint density at radius 2 is 1.80 bits per heavy atom. The van der Waals surface area contributed by atoms with E-state index in [-0.39, 0.29) is 41.6 Å². The fourth-order valence-corrected chi connectivity index (χ4v) is 5.44. The van der Waals surface area contributed by atoms with Crippen LogP contribution in [0, 0.1) is 5.82 Å². The van der Waals surface area contributed by atoms with Crippen LogP contribution in [0.3, 0.4) is 0 Å². The Bertz CT molecular complexity index is 1410. The first kappa shape index (κ1) is 30.1. The second kappa shape index (κ2) is 11.6. The highest BCUT2D eigenvalue weighted by molar-refractivity contribution is 6.07. The van der Waals surface area contributed by atoms with E-state index in [0.717, 1.165) is 0 Å². The Balaban J connectivity index is 1.80. The lowest BCUT2D eigenvalue weighted by atomic mass is 9.94. The van der Waals surface area contributed by atoms with E-state index >= 15 is 4.39 Å². The molecule has 4 rings (SSSR count). The van der Waals surface area contributed by atoms with Gasteiger partial charge in [0.2, 0.25) is 5.56 Å². The van der Waals surface area contributed by atoms with Gasteiger partial charge in [-0.25, -0.2) is 9.18 Å². The Labute approximate surface area is 234 Å². The Kier molecular flexibility index (Phi) is 8.48. The number of carbonyl (C=O) groups is 2. The highest BCUT2D eigenvalue weighted by atomic mass is 19.4. The molecule has 3 atom stereocenters. The van der Waals surface area contributed by atoms with E-state index in [9.17, 15) is 32.7 Å². The molecule has 3 N–H and O–H groups in total. The number of pyridine rings is 1. The van der Waals surface area contributed by atoms with Crippen LogP contribution in [0.4, 0.5) is 33.7 Å². The third-order valence-electron chi connectivity index (χ3n) is 7.99. The van der Waals surface area contributed by atoms with E-state index in [1.54, 1.807) is 6.08 Å². The molecule has 1 fully saturated rings. The number of nitrogens with one attached hydrogen (secondary N) is 2. The van der Waals surface area contributed by atoms with E-state index in [2.05, 4.69) is 15.2 Å². The van der Waals surface area contributed by atoms with Crippen LogP contribution >= 0.6 is 0 Å². The molecule has 2 amide bonds. The molecule has 0 spiro atoms. The minimum Gasteiger partial charge on any atom is -0.465 e. The molecule has 2 aromatic rings. The molecule has 1 unspecified atom stereocenters. The van der Waals surface area contributed by atoms with Crippen molar-refractivity contribution in [1.29, 1.82) is 0 Å². The van der Waals surface area contributed by atoms with Crippen molar-refractivity contribution < 1.29 is 32.3 Å². The summed E-state index contributed by atoms with van der Waals surface area (Å²) >= 11 is 0. The van der Waals surface area contributed by atoms with Crippen molar-refractivity contribution in [2.75, 3.05) is 36.9 Å². The van der Waals surface area contributed by atoms with Crippen LogP contribution in [0.1, 0.15) is 55.1 Å². The molecule has 1 aromatic carbocycles. The number of piperazine rings is 1. The molecule has 1 saturated heterocycles. The predicted molar refractivity (Wildman–Crippen MR) is 147 cm³/mol. The number of alkyl halides is 3. The number of aromatic nitrogens is 1. The van der Waals surface area contributed by atoms with E-state index in [1.165, 1.54) is 17.0 Å². The molecule has 0 saturated carbocycles. The molecule has 0 radical (unpaired) electrons. The van der Waals surface area contributed by atoms with Gasteiger partial charge in [0, 0.05) is 55.6 Å². The molecule has 9 nitrogen and oxygen atoms in total. The fourth-order valence-electron chi connectivity index (χ4n) is 5.44. The lowest BCUT2D eigenvalue weighted by Gasteiger charge is -2.44. The van der Waals surface area contributed by atoms with Crippen LogP contribution in [-0.4, -0.2) is 76.7 Å². The minimum atomic E-state index is -4.97. The second-order valence-corrected chi connectivity index (χ2v) is 10.6. The van der Waals surface area contributed by atoms with Crippen molar-refractivity contribution in [3.63, 3.8) is 0 Å². The molecule has 13 heteroatoms. The van der Waals surface area contributed by atoms with Gasteiger partial charge >= 0.3 is 12.3 Å². The molecule has 2 aliphatic heterocycles. The van der Waals surface area contributed by atoms with Gasteiger partial charge in [-0.3, -0.25) is 14.5 Å². The van der Waals surface area contributed by atoms with Gasteiger partial charge in [-0.05, 0) is 51.4 Å². The predicted octanol–water partition coefficient (Wildman–Crippen LogP) is 4.86. The van der Waals surface area contributed by atoms with Crippen molar-refractivity contribution in [2.45, 2.75) is 57.9 Å². The number of hydrogen-bond acceptors (Lipinski definition) is 5. The maximum Gasteiger partial charge on any atom is 0.417 e. The molecule has 2 aliphatic rings. The topological polar surface area (TPSA) is 109 Å². The zero-order chi connectivity index (χ0) is 30.2. The van der Waals surface area contributed by atoms with Gasteiger partial charge in [-0.2, -0.15) is 13.2 Å². The molecular weight excluding hydrogens is 546 g/mol. The van der Waals surface area contributed by atoms with Gasteiger partial charge in [-0.15, -0.1) is 0 Å². The largest absolute Gasteiger partial charge is 0.465 e. The Morgan fingerprint density at radius 1 is 1.15 bits per heavy atom. The summed E-state index contributed by atoms with van der Waals surface area (Å²) in [4.78, 5) is 44.1. The van der Waals surface area contributed by atoms with Crippen molar-refractivity contribution in [3.8, 4) is 0 Å². The number of rotatable bonds is 5. The fraction of sp³-hybridized carbons (Fsp3) is 0.464. The Hall–Kier alpha value is -3.87. The average Bonchev–Trinajstić information content (AvgIpc) is 2.91. The summed E-state index contributed by atoms with van der Waals surface area (Å²) in [5, 5.41) is 12.2. The van der Waals surface area contributed by atoms with Gasteiger partial charge in [0.25, 0.3) is 5.91 Å². The monoisotopic (exact) mass is 579 g/mol. The molecule has 0 bridgehead atoms. The normalized spacial score (nSPS) is 22.0.